The smallest absolute Gasteiger partial charge is 0.303 e. The van der Waals surface area contributed by atoms with Gasteiger partial charge in [-0.1, -0.05) is 12.1 Å². The molecular weight excluding hydrogens is 337 g/mol. The van der Waals surface area contributed by atoms with Crippen LogP contribution >= 0.6 is 0 Å². The van der Waals surface area contributed by atoms with Gasteiger partial charge >= 0.3 is 5.97 Å². The monoisotopic (exact) mass is 361 g/mol. The molecule has 0 radical (unpaired) electrons. The largest absolute Gasteiger partial charge is 0.481 e. The van der Waals surface area contributed by atoms with E-state index in [9.17, 15) is 14.0 Å². The highest BCUT2D eigenvalue weighted by molar-refractivity contribution is 5.75. The molecule has 26 heavy (non-hydrogen) atoms. The van der Waals surface area contributed by atoms with Crippen LogP contribution in [0, 0.1) is 5.82 Å². The number of aryl methyl sites for hydroxylation is 1. The fourth-order valence-electron chi connectivity index (χ4n) is 2.66. The van der Waals surface area contributed by atoms with Gasteiger partial charge in [0.25, 0.3) is 0 Å². The number of H-pyrrole nitrogens is 1. The number of carboxylic acids is 1. The molecule has 0 fully saturated rings. The summed E-state index contributed by atoms with van der Waals surface area (Å²) in [5.74, 6) is -1.10. The van der Waals surface area contributed by atoms with Crippen molar-refractivity contribution in [3.63, 3.8) is 0 Å². The molecule has 1 aromatic carbocycles. The van der Waals surface area contributed by atoms with Gasteiger partial charge in [-0.2, -0.15) is 5.10 Å². The summed E-state index contributed by atoms with van der Waals surface area (Å²) in [6.07, 6.45) is 3.10. The molecule has 0 unspecified atom stereocenters. The average Bonchev–Trinajstić information content (AvgIpc) is 3.07. The number of nitrogens with zero attached hydrogens (tertiary/aromatic N) is 2. The molecule has 6 nitrogen and oxygen atoms in total. The van der Waals surface area contributed by atoms with E-state index in [1.807, 2.05) is 6.07 Å². The Labute approximate surface area is 152 Å². The lowest BCUT2D eigenvalue weighted by Crippen LogP contribution is -2.27. The van der Waals surface area contributed by atoms with Crippen LogP contribution in [0.25, 0.3) is 11.3 Å². The van der Waals surface area contributed by atoms with Crippen LogP contribution in [0.1, 0.15) is 37.8 Å². The molecule has 1 heterocycles. The Hall–Kier alpha value is -2.70. The first-order valence-electron chi connectivity index (χ1n) is 8.71. The molecule has 0 aliphatic heterocycles. The molecule has 2 aromatic rings. The summed E-state index contributed by atoms with van der Waals surface area (Å²) in [5.41, 5.74) is 2.36. The van der Waals surface area contributed by atoms with Crippen LogP contribution in [0.2, 0.25) is 0 Å². The number of aliphatic carboxylic acids is 1. The van der Waals surface area contributed by atoms with Gasteiger partial charge in [-0.25, -0.2) is 4.39 Å². The van der Waals surface area contributed by atoms with Crippen LogP contribution < -0.4 is 0 Å². The number of aromatic amines is 1. The highest BCUT2D eigenvalue weighted by Crippen LogP contribution is 2.19. The van der Waals surface area contributed by atoms with Crippen molar-refractivity contribution in [2.45, 2.75) is 38.5 Å². The number of rotatable bonds is 10. The Morgan fingerprint density at radius 3 is 2.69 bits per heavy atom. The van der Waals surface area contributed by atoms with E-state index >= 15 is 0 Å². The van der Waals surface area contributed by atoms with Crippen LogP contribution in [0.5, 0.6) is 0 Å². The predicted molar refractivity (Wildman–Crippen MR) is 96.0 cm³/mol. The van der Waals surface area contributed by atoms with Crippen LogP contribution in [0.4, 0.5) is 4.39 Å². The Kier molecular flexibility index (Phi) is 7.32. The number of carbonyl (C=O) groups is 2. The first-order valence-corrected chi connectivity index (χ1v) is 8.71. The molecule has 7 heteroatoms. The average molecular weight is 361 g/mol. The number of carbonyl (C=O) groups excluding carboxylic acids is 1. The van der Waals surface area contributed by atoms with Gasteiger partial charge in [0.2, 0.25) is 5.91 Å². The van der Waals surface area contributed by atoms with E-state index in [-0.39, 0.29) is 18.1 Å². The maximum Gasteiger partial charge on any atom is 0.303 e. The van der Waals surface area contributed by atoms with Crippen LogP contribution in [0.3, 0.4) is 0 Å². The molecule has 1 amide bonds. The van der Waals surface area contributed by atoms with Crippen molar-refractivity contribution in [1.29, 1.82) is 0 Å². The maximum atomic E-state index is 13.3. The molecular formula is C19H24FN3O3. The van der Waals surface area contributed by atoms with E-state index in [0.717, 1.165) is 24.1 Å². The predicted octanol–water partition coefficient (Wildman–Crippen LogP) is 3.25. The lowest BCUT2D eigenvalue weighted by Gasteiger charge is -2.16. The number of benzene rings is 1. The number of halogens is 1. The van der Waals surface area contributed by atoms with Crippen molar-refractivity contribution in [3.05, 3.63) is 41.8 Å². The third-order valence-corrected chi connectivity index (χ3v) is 4.15. The summed E-state index contributed by atoms with van der Waals surface area (Å²) in [7, 11) is 1.75. The summed E-state index contributed by atoms with van der Waals surface area (Å²) in [6, 6.07) is 8.18. The van der Waals surface area contributed by atoms with Crippen molar-refractivity contribution in [1.82, 2.24) is 15.1 Å². The van der Waals surface area contributed by atoms with Crippen LogP contribution in [-0.2, 0) is 16.0 Å². The molecule has 0 saturated heterocycles. The molecule has 0 bridgehead atoms. The minimum atomic E-state index is -0.831. The summed E-state index contributed by atoms with van der Waals surface area (Å²) < 4.78 is 13.3. The molecule has 0 aliphatic rings. The quantitative estimate of drug-likeness (QED) is 0.636. The van der Waals surface area contributed by atoms with Gasteiger partial charge in [-0.3, -0.25) is 14.7 Å². The molecule has 0 saturated carbocycles. The second kappa shape index (κ2) is 9.70. The zero-order valence-electron chi connectivity index (χ0n) is 14.9. The topological polar surface area (TPSA) is 86.3 Å². The molecule has 2 rings (SSSR count). The Morgan fingerprint density at radius 1 is 1.19 bits per heavy atom. The second-order valence-corrected chi connectivity index (χ2v) is 6.31. The number of amides is 1. The highest BCUT2D eigenvalue weighted by atomic mass is 19.1. The van der Waals surface area contributed by atoms with Gasteiger partial charge in [0.15, 0.2) is 0 Å². The van der Waals surface area contributed by atoms with Gasteiger partial charge < -0.3 is 10.0 Å². The molecule has 0 aliphatic carbocycles. The van der Waals surface area contributed by atoms with Gasteiger partial charge in [0.05, 0.1) is 5.69 Å². The fourth-order valence-corrected chi connectivity index (χ4v) is 2.66. The number of carboxylic acid groups (broad SMARTS) is 1. The second-order valence-electron chi connectivity index (χ2n) is 6.31. The van der Waals surface area contributed by atoms with E-state index in [0.29, 0.717) is 31.5 Å². The zero-order chi connectivity index (χ0) is 18.9. The van der Waals surface area contributed by atoms with E-state index in [4.69, 9.17) is 5.11 Å². The van der Waals surface area contributed by atoms with Crippen molar-refractivity contribution in [2.24, 2.45) is 0 Å². The summed E-state index contributed by atoms with van der Waals surface area (Å²) in [5, 5.41) is 15.7. The SMILES string of the molecule is CN(CCCc1cc(-c2cccc(F)c2)n[nH]1)C(=O)CCCCC(=O)O. The number of hydrogen-bond acceptors (Lipinski definition) is 3. The number of hydrogen-bond donors (Lipinski definition) is 2. The van der Waals surface area contributed by atoms with E-state index in [1.165, 1.54) is 12.1 Å². The lowest BCUT2D eigenvalue weighted by atomic mass is 10.1. The van der Waals surface area contributed by atoms with Crippen molar-refractivity contribution in [2.75, 3.05) is 13.6 Å². The molecule has 0 atom stereocenters. The van der Waals surface area contributed by atoms with Gasteiger partial charge in [-0.05, 0) is 43.9 Å². The van der Waals surface area contributed by atoms with Crippen molar-refractivity contribution in [3.8, 4) is 11.3 Å². The van der Waals surface area contributed by atoms with Gasteiger partial charge in [-0.15, -0.1) is 0 Å². The summed E-state index contributed by atoms with van der Waals surface area (Å²) in [6.45, 7) is 0.617. The van der Waals surface area contributed by atoms with Gasteiger partial charge in [0, 0.05) is 37.7 Å². The van der Waals surface area contributed by atoms with E-state index < -0.39 is 5.97 Å². The van der Waals surface area contributed by atoms with Crippen molar-refractivity contribution < 1.29 is 19.1 Å². The normalized spacial score (nSPS) is 10.7. The number of nitrogens with one attached hydrogen (secondary N) is 1. The third-order valence-electron chi connectivity index (χ3n) is 4.15. The van der Waals surface area contributed by atoms with E-state index in [2.05, 4.69) is 10.2 Å². The van der Waals surface area contributed by atoms with Crippen LogP contribution in [0.15, 0.2) is 30.3 Å². The number of aromatic nitrogens is 2. The molecule has 2 N–H and O–H groups in total. The Balaban J connectivity index is 1.72. The highest BCUT2D eigenvalue weighted by Gasteiger charge is 2.10. The minimum absolute atomic E-state index is 0.0282. The minimum Gasteiger partial charge on any atom is -0.481 e. The lowest BCUT2D eigenvalue weighted by molar-refractivity contribution is -0.137. The van der Waals surface area contributed by atoms with Gasteiger partial charge in [0.1, 0.15) is 5.82 Å². The zero-order valence-corrected chi connectivity index (χ0v) is 14.9. The molecule has 1 aromatic heterocycles. The Morgan fingerprint density at radius 2 is 1.96 bits per heavy atom. The standard InChI is InChI=1S/C19H24FN3O3/c1-23(18(24)9-2-3-10-19(25)26)11-5-8-16-13-17(22-21-16)14-6-4-7-15(20)12-14/h4,6-7,12-13H,2-3,5,8-11H2,1H3,(H,21,22)(H,25,26). The fraction of sp³-hybridized carbons (Fsp3) is 0.421. The van der Waals surface area contributed by atoms with E-state index in [1.54, 1.807) is 24.1 Å². The summed E-state index contributed by atoms with van der Waals surface area (Å²) in [4.78, 5) is 24.1. The number of unbranched alkanes of at least 4 members (excludes halogenated alkanes) is 1. The summed E-state index contributed by atoms with van der Waals surface area (Å²) >= 11 is 0. The van der Waals surface area contributed by atoms with Crippen LogP contribution in [-0.4, -0.2) is 45.7 Å². The molecule has 140 valence electrons. The Bertz CT molecular complexity index is 745. The van der Waals surface area contributed by atoms with Crippen molar-refractivity contribution >= 4 is 11.9 Å². The molecule has 0 spiro atoms. The third kappa shape index (κ3) is 6.31. The first kappa shape index (κ1) is 19.6. The maximum absolute atomic E-state index is 13.3. The first-order chi connectivity index (χ1) is 12.5.